The summed E-state index contributed by atoms with van der Waals surface area (Å²) in [5, 5.41) is 13.3. The highest BCUT2D eigenvalue weighted by atomic mass is 32.2. The van der Waals surface area contributed by atoms with Gasteiger partial charge in [-0.1, -0.05) is 42.1 Å². The fourth-order valence-corrected chi connectivity index (χ4v) is 4.01. The largest absolute Gasteiger partial charge is 0.341 e. The molecule has 2 aromatic carbocycles. The number of benzene rings is 2. The van der Waals surface area contributed by atoms with E-state index in [0.29, 0.717) is 11.7 Å². The zero-order valence-corrected chi connectivity index (χ0v) is 17.4. The normalized spacial score (nSPS) is 11.0. The van der Waals surface area contributed by atoms with E-state index in [9.17, 15) is 9.59 Å². The van der Waals surface area contributed by atoms with Crippen LogP contribution in [-0.2, 0) is 11.3 Å². The number of nitrogens with one attached hydrogen (secondary N) is 1. The Bertz CT molecular complexity index is 1270. The number of aryl methyl sites for hydroxylation is 1. The van der Waals surface area contributed by atoms with Gasteiger partial charge in [-0.3, -0.25) is 9.59 Å². The summed E-state index contributed by atoms with van der Waals surface area (Å²) in [5.41, 5.74) is 3.32. The first-order chi connectivity index (χ1) is 14.5. The maximum atomic E-state index is 12.7. The van der Waals surface area contributed by atoms with Crippen LogP contribution in [0.2, 0.25) is 0 Å². The number of aromatic amines is 1. The number of hydrogen-bond donors (Lipinski definition) is 1. The molecular formula is C21H20N6O2S. The van der Waals surface area contributed by atoms with Gasteiger partial charge in [-0.15, -0.1) is 5.10 Å². The zero-order chi connectivity index (χ0) is 21.1. The molecule has 0 fully saturated rings. The number of rotatable bonds is 6. The predicted octanol–water partition coefficient (Wildman–Crippen LogP) is 2.56. The molecule has 0 aliphatic carbocycles. The Morgan fingerprint density at radius 2 is 2.00 bits per heavy atom. The van der Waals surface area contributed by atoms with Gasteiger partial charge in [-0.25, -0.2) is 0 Å². The minimum Gasteiger partial charge on any atom is -0.341 e. The van der Waals surface area contributed by atoms with Crippen LogP contribution in [0.3, 0.4) is 0 Å². The molecule has 8 nitrogen and oxygen atoms in total. The van der Waals surface area contributed by atoms with Crippen molar-refractivity contribution in [2.24, 2.45) is 0 Å². The van der Waals surface area contributed by atoms with E-state index in [-0.39, 0.29) is 17.2 Å². The second-order valence-electron chi connectivity index (χ2n) is 6.96. The molecule has 0 unspecified atom stereocenters. The monoisotopic (exact) mass is 420 g/mol. The zero-order valence-electron chi connectivity index (χ0n) is 16.6. The Hall–Kier alpha value is -3.46. The van der Waals surface area contributed by atoms with Crippen LogP contribution in [0.15, 0.2) is 64.5 Å². The first-order valence-corrected chi connectivity index (χ1v) is 10.3. The average molecular weight is 420 g/mol. The fraction of sp³-hybridized carbons (Fsp3) is 0.190. The van der Waals surface area contributed by atoms with Crippen molar-refractivity contribution in [2.45, 2.75) is 18.6 Å². The Morgan fingerprint density at radius 1 is 1.17 bits per heavy atom. The van der Waals surface area contributed by atoms with E-state index in [0.717, 1.165) is 27.7 Å². The molecule has 0 bridgehead atoms. The Kier molecular flexibility index (Phi) is 5.62. The highest BCUT2D eigenvalue weighted by Gasteiger charge is 2.16. The summed E-state index contributed by atoms with van der Waals surface area (Å²) in [6.45, 7) is 2.34. The van der Waals surface area contributed by atoms with E-state index in [1.54, 1.807) is 16.6 Å². The first kappa shape index (κ1) is 19.8. The van der Waals surface area contributed by atoms with Gasteiger partial charge in [0.2, 0.25) is 16.6 Å². The molecule has 0 aliphatic rings. The van der Waals surface area contributed by atoms with Crippen molar-refractivity contribution in [3.8, 4) is 5.69 Å². The number of hydrogen-bond acceptors (Lipinski definition) is 6. The smallest absolute Gasteiger partial charge is 0.248 e. The number of carbonyl (C=O) groups excluding carboxylic acids is 1. The van der Waals surface area contributed by atoms with Gasteiger partial charge in [0.05, 0.1) is 11.4 Å². The van der Waals surface area contributed by atoms with Gasteiger partial charge in [0.1, 0.15) is 0 Å². The van der Waals surface area contributed by atoms with Gasteiger partial charge in [-0.2, -0.15) is 4.68 Å². The minimum atomic E-state index is -0.184. The van der Waals surface area contributed by atoms with Crippen LogP contribution < -0.4 is 5.56 Å². The van der Waals surface area contributed by atoms with Crippen molar-refractivity contribution >= 4 is 28.6 Å². The SMILES string of the molecule is Cc1cccc(-n2nnnc2SCC(=O)N(C)Cc2cc(=O)[nH]c3ccccc23)c1. The number of nitrogens with zero attached hydrogens (tertiary/aromatic N) is 5. The second kappa shape index (κ2) is 8.50. The number of carbonyl (C=O) groups is 1. The van der Waals surface area contributed by atoms with Crippen molar-refractivity contribution in [3.63, 3.8) is 0 Å². The van der Waals surface area contributed by atoms with Gasteiger partial charge in [-0.05, 0) is 46.7 Å². The van der Waals surface area contributed by atoms with E-state index >= 15 is 0 Å². The van der Waals surface area contributed by atoms with E-state index in [1.165, 1.54) is 17.8 Å². The molecule has 9 heteroatoms. The molecule has 0 aliphatic heterocycles. The lowest BCUT2D eigenvalue weighted by molar-refractivity contribution is -0.127. The molecular weight excluding hydrogens is 400 g/mol. The van der Waals surface area contributed by atoms with Gasteiger partial charge in [0.25, 0.3) is 0 Å². The van der Waals surface area contributed by atoms with E-state index in [1.807, 2.05) is 55.5 Å². The number of fused-ring (bicyclic) bond motifs is 1. The number of aromatic nitrogens is 5. The average Bonchev–Trinajstić information content (AvgIpc) is 3.20. The quantitative estimate of drug-likeness (QED) is 0.482. The fourth-order valence-electron chi connectivity index (χ4n) is 3.18. The van der Waals surface area contributed by atoms with Crippen LogP contribution in [0, 0.1) is 6.92 Å². The number of thioether (sulfide) groups is 1. The third kappa shape index (κ3) is 4.25. The van der Waals surface area contributed by atoms with Crippen LogP contribution in [0.4, 0.5) is 0 Å². The lowest BCUT2D eigenvalue weighted by Crippen LogP contribution is -2.28. The van der Waals surface area contributed by atoms with E-state index in [2.05, 4.69) is 20.5 Å². The van der Waals surface area contributed by atoms with Crippen LogP contribution in [-0.4, -0.2) is 48.8 Å². The van der Waals surface area contributed by atoms with E-state index in [4.69, 9.17) is 0 Å². The Morgan fingerprint density at radius 3 is 2.83 bits per heavy atom. The van der Waals surface area contributed by atoms with Crippen LogP contribution >= 0.6 is 11.8 Å². The standard InChI is InChI=1S/C21H20N6O2S/c1-14-6-5-7-16(10-14)27-21(23-24-25-27)30-13-20(29)26(2)12-15-11-19(28)22-18-9-4-3-8-17(15)18/h3-11H,12-13H2,1-2H3,(H,22,28). The van der Waals surface area contributed by atoms with Gasteiger partial charge in [0.15, 0.2) is 0 Å². The molecule has 4 rings (SSSR count). The molecule has 1 amide bonds. The van der Waals surface area contributed by atoms with E-state index < -0.39 is 0 Å². The molecule has 0 saturated heterocycles. The summed E-state index contributed by atoms with van der Waals surface area (Å²) in [4.78, 5) is 29.1. The molecule has 30 heavy (non-hydrogen) atoms. The lowest BCUT2D eigenvalue weighted by Gasteiger charge is -2.18. The summed E-state index contributed by atoms with van der Waals surface area (Å²) in [7, 11) is 1.72. The first-order valence-electron chi connectivity index (χ1n) is 9.34. The predicted molar refractivity (Wildman–Crippen MR) is 116 cm³/mol. The number of pyridine rings is 1. The van der Waals surface area contributed by atoms with Crippen LogP contribution in [0.1, 0.15) is 11.1 Å². The van der Waals surface area contributed by atoms with Crippen molar-refractivity contribution in [1.82, 2.24) is 30.1 Å². The number of H-pyrrole nitrogens is 1. The summed E-state index contributed by atoms with van der Waals surface area (Å²) in [6.07, 6.45) is 0. The third-order valence-corrected chi connectivity index (χ3v) is 5.59. The summed E-state index contributed by atoms with van der Waals surface area (Å²) >= 11 is 1.28. The molecule has 2 aromatic heterocycles. The number of amides is 1. The summed E-state index contributed by atoms with van der Waals surface area (Å²) in [5.74, 6) is 0.104. The lowest BCUT2D eigenvalue weighted by atomic mass is 10.1. The maximum Gasteiger partial charge on any atom is 0.248 e. The topological polar surface area (TPSA) is 96.8 Å². The molecule has 4 aromatic rings. The number of tetrazole rings is 1. The molecule has 0 radical (unpaired) electrons. The Balaban J connectivity index is 1.46. The van der Waals surface area contributed by atoms with Gasteiger partial charge >= 0.3 is 0 Å². The van der Waals surface area contributed by atoms with Crippen LogP contribution in [0.25, 0.3) is 16.6 Å². The van der Waals surface area contributed by atoms with Crippen molar-refractivity contribution in [3.05, 3.63) is 76.1 Å². The van der Waals surface area contributed by atoms with Crippen molar-refractivity contribution < 1.29 is 4.79 Å². The molecule has 0 saturated carbocycles. The highest BCUT2D eigenvalue weighted by Crippen LogP contribution is 2.20. The summed E-state index contributed by atoms with van der Waals surface area (Å²) in [6, 6.07) is 16.9. The van der Waals surface area contributed by atoms with Crippen molar-refractivity contribution in [2.75, 3.05) is 12.8 Å². The summed E-state index contributed by atoms with van der Waals surface area (Å²) < 4.78 is 1.62. The van der Waals surface area contributed by atoms with Crippen LogP contribution in [0.5, 0.6) is 0 Å². The Labute approximate surface area is 176 Å². The minimum absolute atomic E-state index is 0.0804. The number of para-hydroxylation sites is 1. The van der Waals surface area contributed by atoms with Crippen molar-refractivity contribution in [1.29, 1.82) is 0 Å². The molecule has 152 valence electrons. The van der Waals surface area contributed by atoms with Gasteiger partial charge < -0.3 is 9.88 Å². The maximum absolute atomic E-state index is 12.7. The molecule has 0 atom stereocenters. The third-order valence-electron chi connectivity index (χ3n) is 4.68. The van der Waals surface area contributed by atoms with Gasteiger partial charge in [0, 0.05) is 30.6 Å². The second-order valence-corrected chi connectivity index (χ2v) is 7.90. The molecule has 2 heterocycles. The molecule has 1 N–H and O–H groups in total. The molecule has 0 spiro atoms. The highest BCUT2D eigenvalue weighted by molar-refractivity contribution is 7.99.